The number of halogens is 2. The number of aromatic nitrogens is 1. The molecule has 0 bridgehead atoms. The molecule has 0 fully saturated rings. The van der Waals surface area contributed by atoms with E-state index < -0.39 is 0 Å². The van der Waals surface area contributed by atoms with E-state index in [1.54, 1.807) is 0 Å². The summed E-state index contributed by atoms with van der Waals surface area (Å²) in [6.45, 7) is 1.91. The van der Waals surface area contributed by atoms with Crippen LogP contribution in [0.15, 0.2) is 10.5 Å². The van der Waals surface area contributed by atoms with Crippen LogP contribution < -0.4 is 5.73 Å². The molecule has 0 atom stereocenters. The first-order chi connectivity index (χ1) is 6.09. The zero-order valence-corrected chi connectivity index (χ0v) is 9.17. The number of thiazole rings is 1. The number of aryl methyl sites for hydroxylation is 1. The number of hydrogen-bond donors (Lipinski definition) is 1. The summed E-state index contributed by atoms with van der Waals surface area (Å²) in [5, 5.41) is 0.398. The fourth-order valence-corrected chi connectivity index (χ4v) is 2.53. The maximum atomic E-state index is 13.3. The van der Waals surface area contributed by atoms with Crippen LogP contribution in [0.4, 0.5) is 9.52 Å². The molecule has 1 heterocycles. The van der Waals surface area contributed by atoms with Crippen LogP contribution in [0, 0.1) is 12.7 Å². The van der Waals surface area contributed by atoms with Crippen LogP contribution in [0.1, 0.15) is 5.56 Å². The van der Waals surface area contributed by atoms with Crippen molar-refractivity contribution in [3.05, 3.63) is 21.9 Å². The molecular formula is C8H6BrFN2S. The van der Waals surface area contributed by atoms with Crippen LogP contribution in [0.5, 0.6) is 0 Å². The van der Waals surface area contributed by atoms with E-state index in [9.17, 15) is 4.39 Å². The van der Waals surface area contributed by atoms with E-state index in [0.717, 1.165) is 14.7 Å². The van der Waals surface area contributed by atoms with Crippen LogP contribution in [-0.4, -0.2) is 4.98 Å². The van der Waals surface area contributed by atoms with Gasteiger partial charge in [-0.15, -0.1) is 0 Å². The lowest BCUT2D eigenvalue weighted by molar-refractivity contribution is 0.636. The fourth-order valence-electron chi connectivity index (χ4n) is 1.15. The first-order valence-electron chi connectivity index (χ1n) is 3.60. The minimum Gasteiger partial charge on any atom is -0.375 e. The standard InChI is InChI=1S/C8H6BrFN2S/c1-3-4(9)2-5(10)6-7(3)13-8(11)12-6/h2H,1H3,(H2,11,12). The highest BCUT2D eigenvalue weighted by atomic mass is 79.9. The van der Waals surface area contributed by atoms with Gasteiger partial charge in [0.25, 0.3) is 0 Å². The highest BCUT2D eigenvalue weighted by molar-refractivity contribution is 9.10. The highest BCUT2D eigenvalue weighted by Gasteiger charge is 2.11. The second kappa shape index (κ2) is 2.92. The van der Waals surface area contributed by atoms with E-state index in [0.29, 0.717) is 10.6 Å². The molecule has 68 valence electrons. The summed E-state index contributed by atoms with van der Waals surface area (Å²) >= 11 is 4.58. The topological polar surface area (TPSA) is 38.9 Å². The third-order valence-corrected chi connectivity index (χ3v) is 3.65. The van der Waals surface area contributed by atoms with Crippen LogP contribution in [0.2, 0.25) is 0 Å². The van der Waals surface area contributed by atoms with Crippen LogP contribution in [0.25, 0.3) is 10.2 Å². The van der Waals surface area contributed by atoms with Crippen LogP contribution in [-0.2, 0) is 0 Å². The molecule has 13 heavy (non-hydrogen) atoms. The average molecular weight is 261 g/mol. The van der Waals surface area contributed by atoms with Gasteiger partial charge < -0.3 is 5.73 Å². The van der Waals surface area contributed by atoms with E-state index in [2.05, 4.69) is 20.9 Å². The average Bonchev–Trinajstić information content (AvgIpc) is 2.44. The molecule has 1 aromatic carbocycles. The largest absolute Gasteiger partial charge is 0.375 e. The number of nitrogen functional groups attached to an aromatic ring is 1. The van der Waals surface area contributed by atoms with Gasteiger partial charge in [-0.25, -0.2) is 9.37 Å². The minimum atomic E-state index is -0.333. The van der Waals surface area contributed by atoms with Gasteiger partial charge in [0.2, 0.25) is 0 Å². The van der Waals surface area contributed by atoms with E-state index >= 15 is 0 Å². The number of hydrogen-bond acceptors (Lipinski definition) is 3. The smallest absolute Gasteiger partial charge is 0.181 e. The second-order valence-electron chi connectivity index (χ2n) is 2.70. The lowest BCUT2D eigenvalue weighted by atomic mass is 10.2. The Labute approximate surface area is 86.7 Å². The molecule has 0 aliphatic carbocycles. The predicted molar refractivity (Wildman–Crippen MR) is 56.4 cm³/mol. The number of nitrogens with zero attached hydrogens (tertiary/aromatic N) is 1. The molecule has 2 nitrogen and oxygen atoms in total. The Balaban J connectivity index is 2.95. The van der Waals surface area contributed by atoms with Crippen molar-refractivity contribution in [2.24, 2.45) is 0 Å². The Morgan fingerprint density at radius 1 is 1.62 bits per heavy atom. The Bertz CT molecular complexity index is 480. The molecule has 0 amide bonds. The van der Waals surface area contributed by atoms with Crippen molar-refractivity contribution in [1.29, 1.82) is 0 Å². The van der Waals surface area contributed by atoms with Gasteiger partial charge in [0.1, 0.15) is 5.52 Å². The lowest BCUT2D eigenvalue weighted by Gasteiger charge is -1.98. The van der Waals surface area contributed by atoms with Crippen molar-refractivity contribution in [2.45, 2.75) is 6.92 Å². The van der Waals surface area contributed by atoms with Crippen molar-refractivity contribution >= 4 is 42.6 Å². The van der Waals surface area contributed by atoms with Crippen LogP contribution >= 0.6 is 27.3 Å². The predicted octanol–water partition coefficient (Wildman–Crippen LogP) is 3.09. The molecular weight excluding hydrogens is 255 g/mol. The maximum Gasteiger partial charge on any atom is 0.181 e. The molecule has 2 aromatic rings. The van der Waals surface area contributed by atoms with E-state index in [4.69, 9.17) is 5.73 Å². The van der Waals surface area contributed by atoms with Gasteiger partial charge in [-0.3, -0.25) is 0 Å². The van der Waals surface area contributed by atoms with E-state index in [1.807, 2.05) is 6.92 Å². The van der Waals surface area contributed by atoms with Crippen molar-refractivity contribution in [2.75, 3.05) is 5.73 Å². The Morgan fingerprint density at radius 2 is 2.31 bits per heavy atom. The summed E-state index contributed by atoms with van der Waals surface area (Å²) < 4.78 is 14.9. The monoisotopic (exact) mass is 260 g/mol. The van der Waals surface area contributed by atoms with Crippen molar-refractivity contribution in [1.82, 2.24) is 4.98 Å². The number of rotatable bonds is 0. The van der Waals surface area contributed by atoms with E-state index in [-0.39, 0.29) is 5.82 Å². The third kappa shape index (κ3) is 1.32. The zero-order chi connectivity index (χ0) is 9.59. The first-order valence-corrected chi connectivity index (χ1v) is 5.21. The SMILES string of the molecule is Cc1c(Br)cc(F)c2nc(N)sc12. The van der Waals surface area contributed by atoms with Gasteiger partial charge in [-0.1, -0.05) is 27.3 Å². The quantitative estimate of drug-likeness (QED) is 0.791. The molecule has 0 aliphatic heterocycles. The fraction of sp³-hybridized carbons (Fsp3) is 0.125. The molecule has 5 heteroatoms. The summed E-state index contributed by atoms with van der Waals surface area (Å²) in [5.41, 5.74) is 6.85. The summed E-state index contributed by atoms with van der Waals surface area (Å²) in [4.78, 5) is 3.92. The molecule has 1 aromatic heterocycles. The Morgan fingerprint density at radius 3 is 3.00 bits per heavy atom. The van der Waals surface area contributed by atoms with E-state index in [1.165, 1.54) is 17.4 Å². The molecule has 0 saturated carbocycles. The van der Waals surface area contributed by atoms with Gasteiger partial charge in [0, 0.05) is 4.47 Å². The first kappa shape index (κ1) is 8.90. The van der Waals surface area contributed by atoms with Gasteiger partial charge in [-0.2, -0.15) is 0 Å². The molecule has 0 radical (unpaired) electrons. The third-order valence-electron chi connectivity index (χ3n) is 1.82. The van der Waals surface area contributed by atoms with Gasteiger partial charge in [0.05, 0.1) is 4.70 Å². The highest BCUT2D eigenvalue weighted by Crippen LogP contribution is 2.33. The molecule has 0 spiro atoms. The molecule has 2 N–H and O–H groups in total. The second-order valence-corrected chi connectivity index (χ2v) is 4.58. The molecule has 0 aliphatic rings. The van der Waals surface area contributed by atoms with Gasteiger partial charge >= 0.3 is 0 Å². The Hall–Kier alpha value is -0.680. The molecule has 0 unspecified atom stereocenters. The van der Waals surface area contributed by atoms with Crippen LogP contribution in [0.3, 0.4) is 0 Å². The van der Waals surface area contributed by atoms with Crippen molar-refractivity contribution in [3.63, 3.8) is 0 Å². The summed E-state index contributed by atoms with van der Waals surface area (Å²) in [6, 6.07) is 1.41. The van der Waals surface area contributed by atoms with Crippen molar-refractivity contribution < 1.29 is 4.39 Å². The summed E-state index contributed by atoms with van der Waals surface area (Å²) in [5.74, 6) is -0.333. The minimum absolute atomic E-state index is 0.333. The summed E-state index contributed by atoms with van der Waals surface area (Å²) in [7, 11) is 0. The molecule has 0 saturated heterocycles. The maximum absolute atomic E-state index is 13.3. The molecule has 2 rings (SSSR count). The zero-order valence-electron chi connectivity index (χ0n) is 6.77. The number of benzene rings is 1. The number of anilines is 1. The Kier molecular flexibility index (Phi) is 2.00. The summed E-state index contributed by atoms with van der Waals surface area (Å²) in [6.07, 6.45) is 0. The van der Waals surface area contributed by atoms with Gasteiger partial charge in [-0.05, 0) is 18.6 Å². The van der Waals surface area contributed by atoms with Crippen molar-refractivity contribution in [3.8, 4) is 0 Å². The number of nitrogens with two attached hydrogens (primary N) is 1. The van der Waals surface area contributed by atoms with Gasteiger partial charge in [0.15, 0.2) is 10.9 Å². The number of fused-ring (bicyclic) bond motifs is 1. The lowest BCUT2D eigenvalue weighted by Crippen LogP contribution is -1.84. The normalized spacial score (nSPS) is 11.0.